The Balaban J connectivity index is 0.00000576. The average molecular weight is 488 g/mol. The third-order valence-corrected chi connectivity index (χ3v) is 5.17. The van der Waals surface area contributed by atoms with Crippen molar-refractivity contribution < 1.29 is 8.42 Å². The second-order valence-electron chi connectivity index (χ2n) is 7.53. The first-order valence-corrected chi connectivity index (χ1v) is 11.1. The summed E-state index contributed by atoms with van der Waals surface area (Å²) in [5.41, 5.74) is -0.599. The molecule has 25 heavy (non-hydrogen) atoms. The minimum atomic E-state index is -3.23. The van der Waals surface area contributed by atoms with Crippen molar-refractivity contribution in [2.45, 2.75) is 71.3 Å². The molecule has 1 aliphatic rings. The van der Waals surface area contributed by atoms with E-state index in [9.17, 15) is 8.42 Å². The number of unbranched alkanes of at least 4 members (excludes halogenated alkanes) is 1. The van der Waals surface area contributed by atoms with Crippen LogP contribution in [0.25, 0.3) is 0 Å². The number of sulfonamides is 1. The third-order valence-electron chi connectivity index (χ3n) is 4.24. The Morgan fingerprint density at radius 1 is 1.16 bits per heavy atom. The van der Waals surface area contributed by atoms with Gasteiger partial charge in [-0.25, -0.2) is 13.1 Å². The number of hydrogen-bond donors (Lipinski definition) is 3. The first kappa shape index (κ1) is 24.9. The van der Waals surface area contributed by atoms with Gasteiger partial charge in [0.25, 0.3) is 0 Å². The summed E-state index contributed by atoms with van der Waals surface area (Å²) in [5.74, 6) is 1.71. The van der Waals surface area contributed by atoms with Gasteiger partial charge in [0.1, 0.15) is 0 Å². The van der Waals surface area contributed by atoms with E-state index >= 15 is 0 Å². The molecule has 8 heteroatoms. The number of hydrogen-bond acceptors (Lipinski definition) is 3. The van der Waals surface area contributed by atoms with Gasteiger partial charge in [-0.3, -0.25) is 4.99 Å². The van der Waals surface area contributed by atoms with Crippen LogP contribution in [0.4, 0.5) is 0 Å². The highest BCUT2D eigenvalue weighted by molar-refractivity contribution is 14.0. The van der Waals surface area contributed by atoms with Gasteiger partial charge in [0, 0.05) is 18.6 Å². The maximum atomic E-state index is 11.4. The second kappa shape index (κ2) is 12.3. The molecule has 0 atom stereocenters. The van der Waals surface area contributed by atoms with Gasteiger partial charge >= 0.3 is 0 Å². The fourth-order valence-corrected chi connectivity index (χ4v) is 4.28. The van der Waals surface area contributed by atoms with Crippen LogP contribution < -0.4 is 15.4 Å². The molecular weight excluding hydrogens is 451 g/mol. The Morgan fingerprint density at radius 2 is 1.80 bits per heavy atom. The van der Waals surface area contributed by atoms with E-state index in [0.717, 1.165) is 31.4 Å². The lowest BCUT2D eigenvalue weighted by atomic mass is 10.0. The zero-order chi connectivity index (χ0) is 18.1. The van der Waals surface area contributed by atoms with Crippen molar-refractivity contribution in [3.8, 4) is 0 Å². The van der Waals surface area contributed by atoms with Crippen LogP contribution in [0, 0.1) is 5.92 Å². The van der Waals surface area contributed by atoms with Crippen LogP contribution in [-0.4, -0.2) is 45.8 Å². The molecule has 1 saturated carbocycles. The summed E-state index contributed by atoms with van der Waals surface area (Å²) in [6.45, 7) is 7.77. The van der Waals surface area contributed by atoms with Gasteiger partial charge in [-0.2, -0.15) is 0 Å². The fourth-order valence-electron chi connectivity index (χ4n) is 3.22. The van der Waals surface area contributed by atoms with E-state index in [1.54, 1.807) is 0 Å². The van der Waals surface area contributed by atoms with Crippen molar-refractivity contribution in [2.24, 2.45) is 10.9 Å². The monoisotopic (exact) mass is 488 g/mol. The maximum absolute atomic E-state index is 11.4. The minimum absolute atomic E-state index is 0. The molecule has 1 rings (SSSR count). The van der Waals surface area contributed by atoms with Crippen molar-refractivity contribution in [1.29, 1.82) is 0 Å². The molecule has 1 fully saturated rings. The van der Waals surface area contributed by atoms with Gasteiger partial charge in [-0.05, 0) is 33.1 Å². The van der Waals surface area contributed by atoms with Crippen LogP contribution >= 0.6 is 24.0 Å². The molecule has 0 saturated heterocycles. The molecule has 0 aromatic rings. The number of rotatable bonds is 10. The topological polar surface area (TPSA) is 82.6 Å². The summed E-state index contributed by atoms with van der Waals surface area (Å²) in [5, 5.41) is 6.55. The van der Waals surface area contributed by atoms with Gasteiger partial charge in [0.05, 0.1) is 12.8 Å². The van der Waals surface area contributed by atoms with Crippen LogP contribution in [0.1, 0.15) is 65.7 Å². The second-order valence-corrected chi connectivity index (χ2v) is 9.27. The Labute approximate surface area is 171 Å². The SMILES string of the molecule is CCNC(=NCC(C)(C)NS(C)(=O)=O)NCCCCC1CCCC1.I. The smallest absolute Gasteiger partial charge is 0.209 e. The predicted molar refractivity (Wildman–Crippen MR) is 117 cm³/mol. The van der Waals surface area contributed by atoms with E-state index in [0.29, 0.717) is 6.54 Å². The van der Waals surface area contributed by atoms with Crippen molar-refractivity contribution >= 4 is 40.0 Å². The lowest BCUT2D eigenvalue weighted by Gasteiger charge is -2.23. The standard InChI is InChI=1S/C17H36N4O2S.HI/c1-5-18-16(20-14-17(2,3)21-24(4,22)23)19-13-9-8-12-15-10-6-7-11-15;/h15,21H,5-14H2,1-4H3,(H2,18,19,20);1H. The number of aliphatic imine (C=N–C) groups is 1. The fraction of sp³-hybridized carbons (Fsp3) is 0.941. The zero-order valence-corrected chi connectivity index (χ0v) is 19.4. The van der Waals surface area contributed by atoms with E-state index < -0.39 is 15.6 Å². The van der Waals surface area contributed by atoms with Crippen molar-refractivity contribution in [2.75, 3.05) is 25.9 Å². The normalized spacial score (nSPS) is 16.6. The first-order chi connectivity index (χ1) is 11.2. The van der Waals surface area contributed by atoms with Gasteiger partial charge < -0.3 is 10.6 Å². The van der Waals surface area contributed by atoms with Crippen LogP contribution in [0.2, 0.25) is 0 Å². The number of halogens is 1. The molecule has 0 unspecified atom stereocenters. The molecule has 1 aliphatic carbocycles. The minimum Gasteiger partial charge on any atom is -0.357 e. The Morgan fingerprint density at radius 3 is 2.36 bits per heavy atom. The Hall–Kier alpha value is -0.0900. The molecule has 0 aromatic heterocycles. The van der Waals surface area contributed by atoms with Gasteiger partial charge in [-0.15, -0.1) is 24.0 Å². The molecule has 0 bridgehead atoms. The molecule has 0 aromatic carbocycles. The van der Waals surface area contributed by atoms with Crippen molar-refractivity contribution in [3.63, 3.8) is 0 Å². The van der Waals surface area contributed by atoms with Crippen molar-refractivity contribution in [1.82, 2.24) is 15.4 Å². The Kier molecular flexibility index (Phi) is 12.3. The average Bonchev–Trinajstić information content (AvgIpc) is 2.95. The van der Waals surface area contributed by atoms with Crippen molar-refractivity contribution in [3.05, 3.63) is 0 Å². The highest BCUT2D eigenvalue weighted by Gasteiger charge is 2.21. The van der Waals surface area contributed by atoms with E-state index in [-0.39, 0.29) is 24.0 Å². The molecule has 3 N–H and O–H groups in total. The summed E-state index contributed by atoms with van der Waals surface area (Å²) < 4.78 is 25.4. The van der Waals surface area contributed by atoms with Crippen LogP contribution in [0.15, 0.2) is 4.99 Å². The van der Waals surface area contributed by atoms with Crippen LogP contribution in [0.5, 0.6) is 0 Å². The molecular formula is C17H37IN4O2S. The maximum Gasteiger partial charge on any atom is 0.209 e. The summed E-state index contributed by atoms with van der Waals surface area (Å²) in [6, 6.07) is 0. The molecule has 6 nitrogen and oxygen atoms in total. The van der Waals surface area contributed by atoms with Gasteiger partial charge in [0.15, 0.2) is 5.96 Å². The Bertz CT molecular complexity index is 489. The van der Waals surface area contributed by atoms with Gasteiger partial charge in [0.2, 0.25) is 10.0 Å². The van der Waals surface area contributed by atoms with E-state index in [2.05, 4.69) is 20.3 Å². The van der Waals surface area contributed by atoms with E-state index in [1.165, 1.54) is 44.8 Å². The molecule has 0 amide bonds. The van der Waals surface area contributed by atoms with E-state index in [4.69, 9.17) is 0 Å². The first-order valence-electron chi connectivity index (χ1n) is 9.23. The van der Waals surface area contributed by atoms with Crippen LogP contribution in [-0.2, 0) is 10.0 Å². The summed E-state index contributed by atoms with van der Waals surface area (Å²) in [4.78, 5) is 4.51. The van der Waals surface area contributed by atoms with E-state index in [1.807, 2.05) is 20.8 Å². The lowest BCUT2D eigenvalue weighted by Crippen LogP contribution is -2.46. The van der Waals surface area contributed by atoms with Gasteiger partial charge in [-0.1, -0.05) is 38.5 Å². The summed E-state index contributed by atoms with van der Waals surface area (Å²) >= 11 is 0. The molecule has 150 valence electrons. The van der Waals surface area contributed by atoms with Crippen LogP contribution in [0.3, 0.4) is 0 Å². The third kappa shape index (κ3) is 12.8. The quantitative estimate of drug-likeness (QED) is 0.191. The zero-order valence-electron chi connectivity index (χ0n) is 16.2. The summed E-state index contributed by atoms with van der Waals surface area (Å²) in [6.07, 6.45) is 10.6. The lowest BCUT2D eigenvalue weighted by molar-refractivity contribution is 0.463. The summed E-state index contributed by atoms with van der Waals surface area (Å²) in [7, 11) is -3.23. The number of guanidine groups is 1. The largest absolute Gasteiger partial charge is 0.357 e. The number of nitrogens with one attached hydrogen (secondary N) is 3. The highest BCUT2D eigenvalue weighted by atomic mass is 127. The molecule has 0 radical (unpaired) electrons. The highest BCUT2D eigenvalue weighted by Crippen LogP contribution is 2.28. The number of nitrogens with zero attached hydrogens (tertiary/aromatic N) is 1. The molecule has 0 heterocycles. The predicted octanol–water partition coefficient (Wildman–Crippen LogP) is 2.85. The molecule has 0 aliphatic heterocycles. The molecule has 0 spiro atoms.